The van der Waals surface area contributed by atoms with E-state index in [0.717, 1.165) is 0 Å². The Hall–Kier alpha value is -1.47. The van der Waals surface area contributed by atoms with Crippen LogP contribution in [-0.2, 0) is 4.79 Å². The first-order valence-corrected chi connectivity index (χ1v) is 7.02. The number of benzene rings is 1. The van der Waals surface area contributed by atoms with Gasteiger partial charge in [0.05, 0.1) is 23.3 Å². The molecule has 0 radical (unpaired) electrons. The van der Waals surface area contributed by atoms with Crippen molar-refractivity contribution in [2.24, 2.45) is 0 Å². The summed E-state index contributed by atoms with van der Waals surface area (Å²) < 4.78 is 6.16. The fourth-order valence-electron chi connectivity index (χ4n) is 1.39. The minimum Gasteiger partial charge on any atom is -0.491 e. The zero-order chi connectivity index (χ0) is 15.1. The lowest BCUT2D eigenvalue weighted by atomic mass is 10.3. The van der Waals surface area contributed by atoms with E-state index in [2.05, 4.69) is 31.9 Å². The van der Waals surface area contributed by atoms with Gasteiger partial charge in [-0.05, 0) is 35.0 Å². The molecule has 110 valence electrons. The van der Waals surface area contributed by atoms with Crippen LogP contribution in [0.5, 0.6) is 5.75 Å². The summed E-state index contributed by atoms with van der Waals surface area (Å²) in [6.07, 6.45) is 0. The summed E-state index contributed by atoms with van der Waals surface area (Å²) in [6.45, 7) is 2.24. The number of halogens is 2. The standard InChI is InChI=1S/C12H15BrClN3O3/c1-3-20-11-8(13)4-7(14)5-9(11)16-6-10(18)17-12(19)15-2/h4-5,16H,3,6H2,1-2H3,(H2,15,17,18,19). The highest BCUT2D eigenvalue weighted by atomic mass is 79.9. The lowest BCUT2D eigenvalue weighted by molar-refractivity contribution is -0.118. The first-order valence-electron chi connectivity index (χ1n) is 5.85. The SMILES string of the molecule is CCOc1c(Br)cc(Cl)cc1NCC(=O)NC(=O)NC. The van der Waals surface area contributed by atoms with Gasteiger partial charge in [0.2, 0.25) is 5.91 Å². The molecule has 3 amide bonds. The Kier molecular flexibility index (Phi) is 6.60. The van der Waals surface area contributed by atoms with E-state index >= 15 is 0 Å². The number of anilines is 1. The van der Waals surface area contributed by atoms with Gasteiger partial charge < -0.3 is 15.4 Å². The third-order valence-electron chi connectivity index (χ3n) is 2.22. The van der Waals surface area contributed by atoms with Crippen molar-refractivity contribution in [2.75, 3.05) is 25.5 Å². The van der Waals surface area contributed by atoms with Gasteiger partial charge in [-0.1, -0.05) is 11.6 Å². The predicted octanol–water partition coefficient (Wildman–Crippen LogP) is 2.37. The van der Waals surface area contributed by atoms with Gasteiger partial charge in [-0.15, -0.1) is 0 Å². The van der Waals surface area contributed by atoms with Gasteiger partial charge in [0.15, 0.2) is 5.75 Å². The molecule has 0 aliphatic heterocycles. The summed E-state index contributed by atoms with van der Waals surface area (Å²) in [5.74, 6) is 0.0903. The van der Waals surface area contributed by atoms with Crippen LogP contribution in [0.4, 0.5) is 10.5 Å². The molecular weight excluding hydrogens is 350 g/mol. The Balaban J connectivity index is 2.76. The second kappa shape index (κ2) is 7.96. The summed E-state index contributed by atoms with van der Waals surface area (Å²) in [7, 11) is 1.43. The smallest absolute Gasteiger partial charge is 0.321 e. The molecule has 0 aliphatic rings. The van der Waals surface area contributed by atoms with Crippen molar-refractivity contribution >= 4 is 45.2 Å². The quantitative estimate of drug-likeness (QED) is 0.749. The Morgan fingerprint density at radius 2 is 2.10 bits per heavy atom. The van der Waals surface area contributed by atoms with Crippen LogP contribution >= 0.6 is 27.5 Å². The van der Waals surface area contributed by atoms with E-state index in [1.165, 1.54) is 7.05 Å². The topological polar surface area (TPSA) is 79.5 Å². The van der Waals surface area contributed by atoms with Crippen molar-refractivity contribution in [3.8, 4) is 5.75 Å². The molecule has 0 fully saturated rings. The number of hydrogen-bond donors (Lipinski definition) is 3. The molecule has 0 aromatic heterocycles. The van der Waals surface area contributed by atoms with Gasteiger partial charge in [-0.25, -0.2) is 4.79 Å². The van der Waals surface area contributed by atoms with Crippen LogP contribution in [0.3, 0.4) is 0 Å². The molecule has 6 nitrogen and oxygen atoms in total. The Bertz CT molecular complexity index is 511. The van der Waals surface area contributed by atoms with Crippen LogP contribution < -0.4 is 20.7 Å². The van der Waals surface area contributed by atoms with Gasteiger partial charge in [-0.2, -0.15) is 0 Å². The van der Waals surface area contributed by atoms with Crippen LogP contribution in [0.2, 0.25) is 5.02 Å². The Morgan fingerprint density at radius 1 is 1.40 bits per heavy atom. The van der Waals surface area contributed by atoms with Crippen molar-refractivity contribution in [1.29, 1.82) is 0 Å². The maximum Gasteiger partial charge on any atom is 0.321 e. The molecule has 0 heterocycles. The van der Waals surface area contributed by atoms with E-state index < -0.39 is 11.9 Å². The maximum absolute atomic E-state index is 11.5. The van der Waals surface area contributed by atoms with Gasteiger partial charge >= 0.3 is 6.03 Å². The van der Waals surface area contributed by atoms with Crippen LogP contribution in [0.25, 0.3) is 0 Å². The molecule has 0 bridgehead atoms. The average molecular weight is 365 g/mol. The number of imide groups is 1. The molecule has 3 N–H and O–H groups in total. The molecule has 8 heteroatoms. The van der Waals surface area contributed by atoms with E-state index in [1.54, 1.807) is 12.1 Å². The molecule has 0 aliphatic carbocycles. The number of nitrogens with one attached hydrogen (secondary N) is 3. The summed E-state index contributed by atoms with van der Waals surface area (Å²) in [5, 5.41) is 7.81. The van der Waals surface area contributed by atoms with E-state index in [1.807, 2.05) is 6.92 Å². The zero-order valence-corrected chi connectivity index (χ0v) is 13.4. The summed E-state index contributed by atoms with van der Waals surface area (Å²) in [6, 6.07) is 2.78. The molecule has 20 heavy (non-hydrogen) atoms. The van der Waals surface area contributed by atoms with Gasteiger partial charge in [0.1, 0.15) is 0 Å². The second-order valence-corrected chi connectivity index (χ2v) is 4.97. The lowest BCUT2D eigenvalue weighted by Crippen LogP contribution is -2.40. The van der Waals surface area contributed by atoms with Crippen LogP contribution in [-0.4, -0.2) is 32.1 Å². The maximum atomic E-state index is 11.5. The third kappa shape index (κ3) is 4.90. The number of rotatable bonds is 5. The van der Waals surface area contributed by atoms with E-state index in [9.17, 15) is 9.59 Å². The molecule has 0 saturated heterocycles. The first kappa shape index (κ1) is 16.6. The highest BCUT2D eigenvalue weighted by molar-refractivity contribution is 9.10. The molecule has 0 spiro atoms. The van der Waals surface area contributed by atoms with E-state index in [-0.39, 0.29) is 6.54 Å². The van der Waals surface area contributed by atoms with Crippen molar-refractivity contribution in [3.05, 3.63) is 21.6 Å². The third-order valence-corrected chi connectivity index (χ3v) is 3.02. The summed E-state index contributed by atoms with van der Waals surface area (Å²) in [4.78, 5) is 22.5. The van der Waals surface area contributed by atoms with Crippen molar-refractivity contribution < 1.29 is 14.3 Å². The molecule has 1 aromatic carbocycles. The molecule has 1 rings (SSSR count). The minimum atomic E-state index is -0.561. The molecule has 0 saturated carbocycles. The second-order valence-electron chi connectivity index (χ2n) is 3.68. The number of urea groups is 1. The fourth-order valence-corrected chi connectivity index (χ4v) is 2.32. The van der Waals surface area contributed by atoms with Gasteiger partial charge in [0, 0.05) is 12.1 Å². The van der Waals surface area contributed by atoms with Crippen LogP contribution in [0.15, 0.2) is 16.6 Å². The highest BCUT2D eigenvalue weighted by Crippen LogP contribution is 2.36. The zero-order valence-electron chi connectivity index (χ0n) is 11.0. The molecule has 0 atom stereocenters. The Morgan fingerprint density at radius 3 is 2.70 bits per heavy atom. The number of carbonyl (C=O) groups is 2. The number of ether oxygens (including phenoxy) is 1. The van der Waals surface area contributed by atoms with Crippen LogP contribution in [0.1, 0.15) is 6.92 Å². The van der Waals surface area contributed by atoms with Gasteiger partial charge in [-0.3, -0.25) is 10.1 Å². The normalized spacial score (nSPS) is 9.80. The van der Waals surface area contributed by atoms with E-state index in [4.69, 9.17) is 16.3 Å². The molecular formula is C12H15BrClN3O3. The Labute approximate surface area is 130 Å². The highest BCUT2D eigenvalue weighted by Gasteiger charge is 2.12. The number of amides is 3. The lowest BCUT2D eigenvalue weighted by Gasteiger charge is -2.14. The summed E-state index contributed by atoms with van der Waals surface area (Å²) in [5.41, 5.74) is 0.568. The van der Waals surface area contributed by atoms with Crippen molar-refractivity contribution in [1.82, 2.24) is 10.6 Å². The minimum absolute atomic E-state index is 0.0831. The summed E-state index contributed by atoms with van der Waals surface area (Å²) >= 11 is 9.30. The number of hydrogen-bond acceptors (Lipinski definition) is 4. The van der Waals surface area contributed by atoms with Gasteiger partial charge in [0.25, 0.3) is 0 Å². The monoisotopic (exact) mass is 363 g/mol. The predicted molar refractivity (Wildman–Crippen MR) is 81.4 cm³/mol. The van der Waals surface area contributed by atoms with E-state index in [0.29, 0.717) is 27.5 Å². The first-order chi connectivity index (χ1) is 9.47. The van der Waals surface area contributed by atoms with Crippen molar-refractivity contribution in [3.63, 3.8) is 0 Å². The number of carbonyl (C=O) groups excluding carboxylic acids is 2. The molecule has 1 aromatic rings. The fraction of sp³-hybridized carbons (Fsp3) is 0.333. The largest absolute Gasteiger partial charge is 0.491 e. The average Bonchev–Trinajstić information content (AvgIpc) is 2.39. The van der Waals surface area contributed by atoms with Crippen LogP contribution in [0, 0.1) is 0 Å². The van der Waals surface area contributed by atoms with Crippen molar-refractivity contribution in [2.45, 2.75) is 6.92 Å². The molecule has 0 unspecified atom stereocenters.